The average Bonchev–Trinajstić information content (AvgIpc) is 3.24. The van der Waals surface area contributed by atoms with Crippen LogP contribution < -0.4 is 5.32 Å². The van der Waals surface area contributed by atoms with E-state index in [1.807, 2.05) is 49.0 Å². The van der Waals surface area contributed by atoms with E-state index in [-0.39, 0.29) is 5.91 Å². The average molecular weight is 386 g/mol. The number of anilines is 1. The molecule has 0 saturated carbocycles. The monoisotopic (exact) mass is 386 g/mol. The highest BCUT2D eigenvalue weighted by Gasteiger charge is 2.15. The number of hydrogen-bond acceptors (Lipinski definition) is 2. The summed E-state index contributed by atoms with van der Waals surface area (Å²) in [6.07, 6.45) is 3.13. The van der Waals surface area contributed by atoms with Crippen LogP contribution in [0.5, 0.6) is 0 Å². The summed E-state index contributed by atoms with van der Waals surface area (Å²) in [5, 5.41) is 8.90. The van der Waals surface area contributed by atoms with Gasteiger partial charge in [0.05, 0.1) is 23.6 Å². The zero-order valence-corrected chi connectivity index (χ0v) is 17.1. The highest BCUT2D eigenvalue weighted by Crippen LogP contribution is 2.23. The molecule has 0 aliphatic rings. The lowest BCUT2D eigenvalue weighted by Gasteiger charge is -2.09. The number of para-hydroxylation sites is 1. The van der Waals surface area contributed by atoms with Crippen LogP contribution in [0, 0.1) is 20.8 Å². The first-order chi connectivity index (χ1) is 14.0. The third-order valence-electron chi connectivity index (χ3n) is 5.52. The quantitative estimate of drug-likeness (QED) is 0.495. The van der Waals surface area contributed by atoms with Gasteiger partial charge in [-0.15, -0.1) is 0 Å². The number of nitrogens with one attached hydrogen (secondary N) is 2. The van der Waals surface area contributed by atoms with Gasteiger partial charge in [-0.1, -0.05) is 42.5 Å². The van der Waals surface area contributed by atoms with Gasteiger partial charge in [0.2, 0.25) is 5.91 Å². The number of carbonyl (C=O) groups excluding carboxylic acids is 1. The minimum absolute atomic E-state index is 0.0110. The van der Waals surface area contributed by atoms with Gasteiger partial charge in [0.15, 0.2) is 0 Å². The van der Waals surface area contributed by atoms with Gasteiger partial charge in [-0.2, -0.15) is 5.10 Å². The number of fused-ring (bicyclic) bond motifs is 1. The molecule has 2 heterocycles. The van der Waals surface area contributed by atoms with Crippen LogP contribution in [0.4, 0.5) is 5.69 Å². The van der Waals surface area contributed by atoms with E-state index in [2.05, 4.69) is 46.6 Å². The molecule has 0 aliphatic carbocycles. The number of hydrogen-bond donors (Lipinski definition) is 2. The Morgan fingerprint density at radius 2 is 1.79 bits per heavy atom. The molecule has 0 spiro atoms. The molecule has 2 aromatic heterocycles. The standard InChI is InChI=1S/C24H26N4O/c1-16-8-4-5-9-20(16)15-28-18(3)24(17(2)27-28)26-23(29)13-12-19-14-25-22-11-7-6-10-21(19)22/h4-11,14,25H,12-13,15H2,1-3H3,(H,26,29). The van der Waals surface area contributed by atoms with Crippen molar-refractivity contribution in [3.8, 4) is 0 Å². The Hall–Kier alpha value is -3.34. The number of benzene rings is 2. The third-order valence-corrected chi connectivity index (χ3v) is 5.52. The lowest BCUT2D eigenvalue weighted by Crippen LogP contribution is -2.14. The summed E-state index contributed by atoms with van der Waals surface area (Å²) in [6, 6.07) is 16.5. The van der Waals surface area contributed by atoms with E-state index in [0.29, 0.717) is 19.4 Å². The summed E-state index contributed by atoms with van der Waals surface area (Å²) in [6.45, 7) is 6.75. The lowest BCUT2D eigenvalue weighted by atomic mass is 10.1. The molecule has 4 rings (SSSR count). The van der Waals surface area contributed by atoms with Crippen molar-refractivity contribution < 1.29 is 4.79 Å². The molecule has 148 valence electrons. The second kappa shape index (κ2) is 7.95. The van der Waals surface area contributed by atoms with E-state index in [1.54, 1.807) is 0 Å². The van der Waals surface area contributed by atoms with Gasteiger partial charge in [-0.05, 0) is 49.9 Å². The summed E-state index contributed by atoms with van der Waals surface area (Å²) >= 11 is 0. The molecule has 0 unspecified atom stereocenters. The maximum Gasteiger partial charge on any atom is 0.224 e. The van der Waals surface area contributed by atoms with Crippen molar-refractivity contribution in [3.05, 3.63) is 82.8 Å². The van der Waals surface area contributed by atoms with Crippen molar-refractivity contribution in [3.63, 3.8) is 0 Å². The number of rotatable bonds is 6. The van der Waals surface area contributed by atoms with Gasteiger partial charge in [-0.25, -0.2) is 0 Å². The number of H-pyrrole nitrogens is 1. The summed E-state index contributed by atoms with van der Waals surface area (Å²) in [5.74, 6) is 0.0110. The molecule has 1 amide bonds. The number of nitrogens with zero attached hydrogens (tertiary/aromatic N) is 2. The zero-order chi connectivity index (χ0) is 20.4. The minimum Gasteiger partial charge on any atom is -0.361 e. The molecule has 4 aromatic rings. The molecule has 29 heavy (non-hydrogen) atoms. The number of aromatic nitrogens is 3. The Balaban J connectivity index is 1.44. The Kier molecular flexibility index (Phi) is 5.21. The van der Waals surface area contributed by atoms with Crippen molar-refractivity contribution >= 4 is 22.5 Å². The molecule has 0 aliphatic heterocycles. The van der Waals surface area contributed by atoms with Crippen molar-refractivity contribution in [2.45, 2.75) is 40.2 Å². The molecule has 5 nitrogen and oxygen atoms in total. The molecule has 5 heteroatoms. The van der Waals surface area contributed by atoms with Crippen LogP contribution in [0.3, 0.4) is 0 Å². The first kappa shape index (κ1) is 19.0. The predicted molar refractivity (Wildman–Crippen MR) is 117 cm³/mol. The molecular formula is C24H26N4O. The van der Waals surface area contributed by atoms with E-state index >= 15 is 0 Å². The lowest BCUT2D eigenvalue weighted by molar-refractivity contribution is -0.116. The van der Waals surface area contributed by atoms with E-state index < -0.39 is 0 Å². The van der Waals surface area contributed by atoms with Gasteiger partial charge in [0.1, 0.15) is 0 Å². The number of aromatic amines is 1. The van der Waals surface area contributed by atoms with Gasteiger partial charge in [-0.3, -0.25) is 9.48 Å². The fourth-order valence-corrected chi connectivity index (χ4v) is 3.77. The summed E-state index contributed by atoms with van der Waals surface area (Å²) in [7, 11) is 0. The van der Waals surface area contributed by atoms with E-state index in [1.165, 1.54) is 22.1 Å². The molecule has 0 saturated heterocycles. The molecular weight excluding hydrogens is 360 g/mol. The van der Waals surface area contributed by atoms with E-state index in [9.17, 15) is 4.79 Å². The molecule has 0 bridgehead atoms. The van der Waals surface area contributed by atoms with Crippen LogP contribution in [-0.2, 0) is 17.8 Å². The second-order valence-corrected chi connectivity index (χ2v) is 7.54. The Bertz CT molecular complexity index is 1170. The van der Waals surface area contributed by atoms with Crippen molar-refractivity contribution in [2.24, 2.45) is 0 Å². The van der Waals surface area contributed by atoms with Gasteiger partial charge < -0.3 is 10.3 Å². The SMILES string of the molecule is Cc1ccccc1Cn1nc(C)c(NC(=O)CCc2c[nH]c3ccccc23)c1C. The largest absolute Gasteiger partial charge is 0.361 e. The fourth-order valence-electron chi connectivity index (χ4n) is 3.77. The highest BCUT2D eigenvalue weighted by atomic mass is 16.1. The third kappa shape index (κ3) is 3.94. The van der Waals surface area contributed by atoms with Gasteiger partial charge >= 0.3 is 0 Å². The maximum atomic E-state index is 12.6. The molecule has 2 aromatic carbocycles. The highest BCUT2D eigenvalue weighted by molar-refractivity contribution is 5.92. The van der Waals surface area contributed by atoms with Crippen LogP contribution in [0.25, 0.3) is 10.9 Å². The summed E-state index contributed by atoms with van der Waals surface area (Å²) in [5.41, 5.74) is 7.39. The Morgan fingerprint density at radius 3 is 2.62 bits per heavy atom. The molecule has 0 atom stereocenters. The minimum atomic E-state index is 0.0110. The molecule has 2 N–H and O–H groups in total. The van der Waals surface area contributed by atoms with Gasteiger partial charge in [0.25, 0.3) is 0 Å². The summed E-state index contributed by atoms with van der Waals surface area (Å²) in [4.78, 5) is 15.9. The normalized spacial score (nSPS) is 11.1. The van der Waals surface area contributed by atoms with Crippen LogP contribution in [0.1, 0.15) is 34.5 Å². The fraction of sp³-hybridized carbons (Fsp3) is 0.250. The van der Waals surface area contributed by atoms with E-state index in [0.717, 1.165) is 22.6 Å². The maximum absolute atomic E-state index is 12.6. The first-order valence-electron chi connectivity index (χ1n) is 9.96. The second-order valence-electron chi connectivity index (χ2n) is 7.54. The van der Waals surface area contributed by atoms with Crippen molar-refractivity contribution in [2.75, 3.05) is 5.32 Å². The Labute approximate surface area is 170 Å². The number of aryl methyl sites for hydroxylation is 3. The van der Waals surface area contributed by atoms with Crippen LogP contribution in [0.15, 0.2) is 54.7 Å². The van der Waals surface area contributed by atoms with Crippen LogP contribution in [-0.4, -0.2) is 20.7 Å². The predicted octanol–water partition coefficient (Wildman–Crippen LogP) is 4.91. The van der Waals surface area contributed by atoms with Crippen LogP contribution >= 0.6 is 0 Å². The topological polar surface area (TPSA) is 62.7 Å². The Morgan fingerprint density at radius 1 is 1.03 bits per heavy atom. The van der Waals surface area contributed by atoms with Crippen molar-refractivity contribution in [1.82, 2.24) is 14.8 Å². The number of amides is 1. The first-order valence-corrected chi connectivity index (χ1v) is 9.96. The van der Waals surface area contributed by atoms with Crippen LogP contribution in [0.2, 0.25) is 0 Å². The zero-order valence-electron chi connectivity index (χ0n) is 17.1. The van der Waals surface area contributed by atoms with Crippen molar-refractivity contribution in [1.29, 1.82) is 0 Å². The summed E-state index contributed by atoms with van der Waals surface area (Å²) < 4.78 is 1.97. The smallest absolute Gasteiger partial charge is 0.224 e. The molecule has 0 fully saturated rings. The van der Waals surface area contributed by atoms with Gasteiger partial charge in [0, 0.05) is 23.5 Å². The molecule has 0 radical (unpaired) electrons. The van der Waals surface area contributed by atoms with E-state index in [4.69, 9.17) is 0 Å². The number of carbonyl (C=O) groups is 1.